The van der Waals surface area contributed by atoms with Gasteiger partial charge in [-0.25, -0.2) is 4.79 Å². The zero-order valence-electron chi connectivity index (χ0n) is 13.6. The summed E-state index contributed by atoms with van der Waals surface area (Å²) in [6.45, 7) is 1.25. The van der Waals surface area contributed by atoms with E-state index >= 15 is 0 Å². The lowest BCUT2D eigenvalue weighted by Crippen LogP contribution is -2.26. The van der Waals surface area contributed by atoms with Crippen molar-refractivity contribution in [3.05, 3.63) is 64.2 Å². The lowest BCUT2D eigenvalue weighted by atomic mass is 10.1. The maximum Gasteiger partial charge on any atom is 0.334 e. The number of carboxylic acids is 1. The zero-order valence-corrected chi connectivity index (χ0v) is 14.4. The molecule has 2 N–H and O–H groups in total. The van der Waals surface area contributed by atoms with Crippen molar-refractivity contribution in [3.63, 3.8) is 0 Å². The summed E-state index contributed by atoms with van der Waals surface area (Å²) < 4.78 is 4.91. The van der Waals surface area contributed by atoms with E-state index in [1.807, 2.05) is 0 Å². The van der Waals surface area contributed by atoms with Gasteiger partial charge in [0, 0.05) is 13.0 Å². The molecule has 0 aliphatic rings. The average Bonchev–Trinajstić information content (AvgIpc) is 2.59. The number of esters is 1. The van der Waals surface area contributed by atoms with Crippen molar-refractivity contribution < 1.29 is 29.5 Å². The quantitative estimate of drug-likeness (QED) is 0.248. The van der Waals surface area contributed by atoms with Crippen LogP contribution in [0.15, 0.2) is 53.4 Å². The van der Waals surface area contributed by atoms with Crippen LogP contribution in [0.25, 0.3) is 0 Å². The Balaban J connectivity index is 2.37. The predicted octanol–water partition coefficient (Wildman–Crippen LogP) is 2.80. The minimum Gasteiger partial charge on any atom is -0.479 e. The number of rotatable bonds is 7. The molecular formula is C17H15NO7S. The summed E-state index contributed by atoms with van der Waals surface area (Å²) in [6, 6.07) is 11.8. The minimum absolute atomic E-state index is 0.184. The number of thioether (sulfide) groups is 1. The monoisotopic (exact) mass is 377 g/mol. The molecule has 26 heavy (non-hydrogen) atoms. The van der Waals surface area contributed by atoms with E-state index < -0.39 is 28.2 Å². The number of hydrogen-bond donors (Lipinski definition) is 2. The molecule has 0 aliphatic carbocycles. The van der Waals surface area contributed by atoms with Gasteiger partial charge in [0.25, 0.3) is 5.69 Å². The van der Waals surface area contributed by atoms with Crippen LogP contribution in [0.3, 0.4) is 0 Å². The van der Waals surface area contributed by atoms with Crippen LogP contribution >= 0.6 is 11.8 Å². The molecule has 0 heterocycles. The molecule has 0 aliphatic heterocycles. The van der Waals surface area contributed by atoms with Crippen molar-refractivity contribution in [2.24, 2.45) is 0 Å². The number of carboxylic acid groups (broad SMARTS) is 1. The summed E-state index contributed by atoms with van der Waals surface area (Å²) in [5.41, 5.74) is 0.232. The highest BCUT2D eigenvalue weighted by Crippen LogP contribution is 2.42. The van der Waals surface area contributed by atoms with Crippen LogP contribution in [0.1, 0.15) is 17.7 Å². The summed E-state index contributed by atoms with van der Waals surface area (Å²) in [4.78, 5) is 33.0. The van der Waals surface area contributed by atoms with Gasteiger partial charge in [0.1, 0.15) is 5.75 Å². The third-order valence-electron chi connectivity index (χ3n) is 3.33. The van der Waals surface area contributed by atoms with Gasteiger partial charge in [-0.15, -0.1) is 11.8 Å². The Bertz CT molecular complexity index is 822. The fraction of sp³-hybridized carbons (Fsp3) is 0.176. The highest BCUT2D eigenvalue weighted by Gasteiger charge is 2.30. The number of aliphatic hydroxyl groups is 1. The normalized spacial score (nSPS) is 12.8. The van der Waals surface area contributed by atoms with E-state index in [4.69, 9.17) is 4.74 Å². The summed E-state index contributed by atoms with van der Waals surface area (Å²) >= 11 is 0.873. The Morgan fingerprint density at radius 3 is 2.31 bits per heavy atom. The zero-order chi connectivity index (χ0) is 19.3. The van der Waals surface area contributed by atoms with Gasteiger partial charge in [0.2, 0.25) is 0 Å². The first-order chi connectivity index (χ1) is 12.3. The second-order valence-electron chi connectivity index (χ2n) is 5.21. The highest BCUT2D eigenvalue weighted by atomic mass is 32.2. The average molecular weight is 377 g/mol. The molecule has 0 amide bonds. The third kappa shape index (κ3) is 4.80. The molecule has 0 bridgehead atoms. The molecule has 0 saturated carbocycles. The van der Waals surface area contributed by atoms with Crippen molar-refractivity contribution in [1.82, 2.24) is 0 Å². The molecule has 9 heteroatoms. The van der Waals surface area contributed by atoms with E-state index in [0.29, 0.717) is 5.56 Å². The van der Waals surface area contributed by atoms with Gasteiger partial charge in [0.05, 0.1) is 15.1 Å². The van der Waals surface area contributed by atoms with Gasteiger partial charge in [-0.2, -0.15) is 0 Å². The predicted molar refractivity (Wildman–Crippen MR) is 93.1 cm³/mol. The number of nitro groups is 1. The topological polar surface area (TPSA) is 127 Å². The van der Waals surface area contributed by atoms with Crippen LogP contribution in [-0.2, 0) is 9.59 Å². The van der Waals surface area contributed by atoms with Crippen LogP contribution < -0.4 is 4.74 Å². The van der Waals surface area contributed by atoms with Crippen molar-refractivity contribution in [1.29, 1.82) is 0 Å². The Morgan fingerprint density at radius 2 is 1.77 bits per heavy atom. The maximum atomic E-state index is 11.3. The van der Waals surface area contributed by atoms with Gasteiger partial charge < -0.3 is 14.9 Å². The lowest BCUT2D eigenvalue weighted by Gasteiger charge is -2.20. The molecule has 2 aromatic carbocycles. The maximum absolute atomic E-state index is 11.3. The minimum atomic E-state index is -1.79. The number of nitrogens with zero attached hydrogens (tertiary/aromatic N) is 1. The number of para-hydroxylation sites is 1. The van der Waals surface area contributed by atoms with Crippen molar-refractivity contribution >= 4 is 29.4 Å². The fourth-order valence-corrected chi connectivity index (χ4v) is 3.41. The number of benzene rings is 2. The Morgan fingerprint density at radius 1 is 1.15 bits per heavy atom. The van der Waals surface area contributed by atoms with Crippen molar-refractivity contribution in [3.8, 4) is 5.75 Å². The summed E-state index contributed by atoms with van der Waals surface area (Å²) in [6.07, 6.45) is -1.79. The number of ether oxygens (including phenoxy) is 1. The van der Waals surface area contributed by atoms with Crippen molar-refractivity contribution in [2.45, 2.75) is 23.2 Å². The first-order valence-electron chi connectivity index (χ1n) is 7.39. The Hall–Kier alpha value is -2.91. The number of carbonyl (C=O) groups excluding carboxylic acids is 1. The van der Waals surface area contributed by atoms with Gasteiger partial charge in [-0.05, 0) is 23.8 Å². The number of aliphatic hydroxyl groups excluding tert-OH is 1. The largest absolute Gasteiger partial charge is 0.479 e. The molecule has 8 nitrogen and oxygen atoms in total. The van der Waals surface area contributed by atoms with E-state index in [9.17, 15) is 29.9 Å². The smallest absolute Gasteiger partial charge is 0.334 e. The van der Waals surface area contributed by atoms with E-state index in [1.54, 1.807) is 6.07 Å². The molecule has 2 atom stereocenters. The first kappa shape index (κ1) is 19.4. The fourth-order valence-electron chi connectivity index (χ4n) is 2.18. The second-order valence-corrected chi connectivity index (χ2v) is 6.39. The molecule has 0 saturated heterocycles. The first-order valence-corrected chi connectivity index (χ1v) is 8.27. The third-order valence-corrected chi connectivity index (χ3v) is 4.71. The Labute approximate surface area is 152 Å². The van der Waals surface area contributed by atoms with E-state index in [0.717, 1.165) is 11.8 Å². The van der Waals surface area contributed by atoms with Crippen LogP contribution in [0.5, 0.6) is 5.75 Å². The SMILES string of the molecule is CC(=O)Oc1ccc(C(Sc2ccccc2[N+](=O)[O-])C(O)C(=O)O)cc1. The molecule has 0 radical (unpaired) electrons. The molecular weight excluding hydrogens is 362 g/mol. The molecule has 2 aromatic rings. The lowest BCUT2D eigenvalue weighted by molar-refractivity contribution is -0.387. The van der Waals surface area contributed by atoms with Gasteiger partial charge >= 0.3 is 11.9 Å². The number of hydrogen-bond acceptors (Lipinski definition) is 7. The molecule has 0 spiro atoms. The van der Waals surface area contributed by atoms with E-state index in [-0.39, 0.29) is 16.3 Å². The van der Waals surface area contributed by atoms with Gasteiger partial charge in [0.15, 0.2) is 6.10 Å². The second kappa shape index (κ2) is 8.45. The van der Waals surface area contributed by atoms with Crippen LogP contribution in [-0.4, -0.2) is 33.2 Å². The standard InChI is InChI=1S/C17H15NO7S/c1-10(19)25-12-8-6-11(7-9-12)16(15(20)17(21)22)26-14-5-3-2-4-13(14)18(23)24/h2-9,15-16,20H,1H3,(H,21,22). The number of carbonyl (C=O) groups is 2. The summed E-state index contributed by atoms with van der Waals surface area (Å²) in [5, 5.41) is 29.4. The van der Waals surface area contributed by atoms with E-state index in [2.05, 4.69) is 0 Å². The molecule has 0 fully saturated rings. The van der Waals surface area contributed by atoms with Gasteiger partial charge in [-0.3, -0.25) is 14.9 Å². The van der Waals surface area contributed by atoms with Crippen molar-refractivity contribution in [2.75, 3.05) is 0 Å². The van der Waals surface area contributed by atoms with Gasteiger partial charge in [-0.1, -0.05) is 24.3 Å². The Kier molecular flexibility index (Phi) is 6.31. The summed E-state index contributed by atoms with van der Waals surface area (Å²) in [5.74, 6) is -1.69. The number of nitro benzene ring substituents is 1. The molecule has 0 aromatic heterocycles. The van der Waals surface area contributed by atoms with E-state index in [1.165, 1.54) is 49.4 Å². The number of aliphatic carboxylic acids is 1. The van der Waals surface area contributed by atoms with Crippen LogP contribution in [0, 0.1) is 10.1 Å². The van der Waals surface area contributed by atoms with Crippen LogP contribution in [0.4, 0.5) is 5.69 Å². The summed E-state index contributed by atoms with van der Waals surface area (Å²) in [7, 11) is 0. The van der Waals surface area contributed by atoms with Crippen LogP contribution in [0.2, 0.25) is 0 Å². The molecule has 2 rings (SSSR count). The highest BCUT2D eigenvalue weighted by molar-refractivity contribution is 7.99. The molecule has 136 valence electrons. The molecule has 2 unspecified atom stereocenters.